The fraction of sp³-hybridized carbons (Fsp3) is 0.600. The minimum atomic E-state index is 0.698. The van der Waals surface area contributed by atoms with E-state index in [0.29, 0.717) is 6.61 Å². The smallest absolute Gasteiger partial charge is 0.161 e. The van der Waals surface area contributed by atoms with Gasteiger partial charge in [0, 0.05) is 6.54 Å². The van der Waals surface area contributed by atoms with Gasteiger partial charge in [-0.25, -0.2) is 0 Å². The summed E-state index contributed by atoms with van der Waals surface area (Å²) in [6.07, 6.45) is 1.01. The van der Waals surface area contributed by atoms with Gasteiger partial charge in [0.05, 0.1) is 7.11 Å². The molecule has 102 valence electrons. The summed E-state index contributed by atoms with van der Waals surface area (Å²) >= 11 is 0. The first-order chi connectivity index (χ1) is 8.74. The number of hydrogen-bond acceptors (Lipinski definition) is 3. The standard InChI is InChI=1S/C15H25NO2/c1-5-13-8-9-14(15(12-13)17-4)18-11-10-16(6-2)7-3/h8-9,12H,5-7,10-11H2,1-4H3. The molecule has 3 heteroatoms. The largest absolute Gasteiger partial charge is 0.493 e. The van der Waals surface area contributed by atoms with Crippen LogP contribution >= 0.6 is 0 Å². The van der Waals surface area contributed by atoms with Crippen LogP contribution in [0.4, 0.5) is 0 Å². The zero-order chi connectivity index (χ0) is 13.4. The van der Waals surface area contributed by atoms with E-state index < -0.39 is 0 Å². The highest BCUT2D eigenvalue weighted by Crippen LogP contribution is 2.28. The molecule has 0 N–H and O–H groups in total. The number of aryl methyl sites for hydroxylation is 1. The van der Waals surface area contributed by atoms with Crippen LogP contribution in [0.25, 0.3) is 0 Å². The lowest BCUT2D eigenvalue weighted by atomic mass is 10.1. The second kappa shape index (κ2) is 7.98. The molecule has 0 spiro atoms. The fourth-order valence-corrected chi connectivity index (χ4v) is 1.88. The van der Waals surface area contributed by atoms with Gasteiger partial charge in [0.2, 0.25) is 0 Å². The number of likely N-dealkylation sites (N-methyl/N-ethyl adjacent to an activating group) is 1. The number of rotatable bonds is 8. The average Bonchev–Trinajstić information content (AvgIpc) is 2.43. The van der Waals surface area contributed by atoms with E-state index in [4.69, 9.17) is 9.47 Å². The molecule has 1 aromatic rings. The highest BCUT2D eigenvalue weighted by Gasteiger charge is 2.06. The number of nitrogens with zero attached hydrogens (tertiary/aromatic N) is 1. The van der Waals surface area contributed by atoms with Crippen LogP contribution in [-0.2, 0) is 6.42 Å². The first-order valence-corrected chi connectivity index (χ1v) is 6.77. The maximum absolute atomic E-state index is 5.80. The molecule has 0 unspecified atom stereocenters. The van der Waals surface area contributed by atoms with E-state index in [2.05, 4.69) is 31.7 Å². The van der Waals surface area contributed by atoms with Crippen LogP contribution < -0.4 is 9.47 Å². The molecule has 0 aliphatic carbocycles. The van der Waals surface area contributed by atoms with Crippen molar-refractivity contribution in [3.8, 4) is 11.5 Å². The van der Waals surface area contributed by atoms with Crippen LogP contribution in [0.5, 0.6) is 11.5 Å². The average molecular weight is 251 g/mol. The fourth-order valence-electron chi connectivity index (χ4n) is 1.88. The third kappa shape index (κ3) is 4.22. The number of methoxy groups -OCH3 is 1. The molecule has 18 heavy (non-hydrogen) atoms. The van der Waals surface area contributed by atoms with Crippen LogP contribution in [0.3, 0.4) is 0 Å². The van der Waals surface area contributed by atoms with Crippen LogP contribution in [0.15, 0.2) is 18.2 Å². The summed E-state index contributed by atoms with van der Waals surface area (Å²) in [5.74, 6) is 1.66. The molecule has 0 heterocycles. The minimum absolute atomic E-state index is 0.698. The van der Waals surface area contributed by atoms with Crippen molar-refractivity contribution in [3.63, 3.8) is 0 Å². The highest BCUT2D eigenvalue weighted by atomic mass is 16.5. The van der Waals surface area contributed by atoms with Crippen molar-refractivity contribution in [3.05, 3.63) is 23.8 Å². The molecule has 0 bridgehead atoms. The highest BCUT2D eigenvalue weighted by molar-refractivity contribution is 5.42. The summed E-state index contributed by atoms with van der Waals surface area (Å²) in [7, 11) is 1.69. The van der Waals surface area contributed by atoms with Gasteiger partial charge in [0.25, 0.3) is 0 Å². The lowest BCUT2D eigenvalue weighted by molar-refractivity contribution is 0.217. The molecule has 0 fully saturated rings. The van der Waals surface area contributed by atoms with Gasteiger partial charge in [-0.15, -0.1) is 0 Å². The first-order valence-electron chi connectivity index (χ1n) is 6.77. The van der Waals surface area contributed by atoms with Crippen LogP contribution in [0.2, 0.25) is 0 Å². The number of ether oxygens (including phenoxy) is 2. The van der Waals surface area contributed by atoms with E-state index in [1.165, 1.54) is 5.56 Å². The second-order valence-corrected chi connectivity index (χ2v) is 4.21. The monoisotopic (exact) mass is 251 g/mol. The van der Waals surface area contributed by atoms with Gasteiger partial charge in [-0.1, -0.05) is 26.8 Å². The van der Waals surface area contributed by atoms with Crippen molar-refractivity contribution in [1.29, 1.82) is 0 Å². The van der Waals surface area contributed by atoms with Gasteiger partial charge in [-0.05, 0) is 37.2 Å². The van der Waals surface area contributed by atoms with Crippen LogP contribution in [-0.4, -0.2) is 38.3 Å². The molecular weight excluding hydrogens is 226 g/mol. The first kappa shape index (κ1) is 14.8. The Hall–Kier alpha value is -1.22. The maximum Gasteiger partial charge on any atom is 0.161 e. The van der Waals surface area contributed by atoms with Crippen molar-refractivity contribution in [2.45, 2.75) is 27.2 Å². The molecule has 1 rings (SSSR count). The van der Waals surface area contributed by atoms with Gasteiger partial charge in [-0.2, -0.15) is 0 Å². The van der Waals surface area contributed by atoms with Crippen molar-refractivity contribution in [2.24, 2.45) is 0 Å². The third-order valence-corrected chi connectivity index (χ3v) is 3.20. The molecular formula is C15H25NO2. The quantitative estimate of drug-likeness (QED) is 0.709. The molecule has 0 atom stereocenters. The van der Waals surface area contributed by atoms with Gasteiger partial charge in [-0.3, -0.25) is 0 Å². The topological polar surface area (TPSA) is 21.7 Å². The predicted octanol–water partition coefficient (Wildman–Crippen LogP) is 2.98. The van der Waals surface area contributed by atoms with Gasteiger partial charge >= 0.3 is 0 Å². The summed E-state index contributed by atoms with van der Waals surface area (Å²) in [5.41, 5.74) is 1.27. The van der Waals surface area contributed by atoms with Crippen LogP contribution in [0, 0.1) is 0 Å². The Bertz CT molecular complexity index is 348. The molecule has 0 amide bonds. The molecule has 0 radical (unpaired) electrons. The van der Waals surface area contributed by atoms with E-state index in [9.17, 15) is 0 Å². The Morgan fingerprint density at radius 2 is 1.78 bits per heavy atom. The number of hydrogen-bond donors (Lipinski definition) is 0. The predicted molar refractivity (Wildman–Crippen MR) is 75.7 cm³/mol. The second-order valence-electron chi connectivity index (χ2n) is 4.21. The Balaban J connectivity index is 2.56. The zero-order valence-electron chi connectivity index (χ0n) is 12.0. The molecule has 0 aromatic heterocycles. The molecule has 0 saturated heterocycles. The third-order valence-electron chi connectivity index (χ3n) is 3.20. The lowest BCUT2D eigenvalue weighted by Gasteiger charge is -2.18. The summed E-state index contributed by atoms with van der Waals surface area (Å²) in [4.78, 5) is 2.34. The summed E-state index contributed by atoms with van der Waals surface area (Å²) in [6.45, 7) is 10.2. The van der Waals surface area contributed by atoms with E-state index in [1.54, 1.807) is 7.11 Å². The van der Waals surface area contributed by atoms with Gasteiger partial charge in [0.15, 0.2) is 11.5 Å². The minimum Gasteiger partial charge on any atom is -0.493 e. The van der Waals surface area contributed by atoms with E-state index in [-0.39, 0.29) is 0 Å². The lowest BCUT2D eigenvalue weighted by Crippen LogP contribution is -2.27. The maximum atomic E-state index is 5.80. The molecule has 0 saturated carbocycles. The number of benzene rings is 1. The van der Waals surface area contributed by atoms with Crippen molar-refractivity contribution in [1.82, 2.24) is 4.90 Å². The van der Waals surface area contributed by atoms with E-state index in [1.807, 2.05) is 12.1 Å². The molecule has 3 nitrogen and oxygen atoms in total. The van der Waals surface area contributed by atoms with Gasteiger partial charge in [0.1, 0.15) is 6.61 Å². The van der Waals surface area contributed by atoms with Crippen molar-refractivity contribution >= 4 is 0 Å². The SMILES string of the molecule is CCc1ccc(OCCN(CC)CC)c(OC)c1. The molecule has 1 aromatic carbocycles. The molecule has 0 aliphatic rings. The van der Waals surface area contributed by atoms with Gasteiger partial charge < -0.3 is 14.4 Å². The summed E-state index contributed by atoms with van der Waals surface area (Å²) in [5, 5.41) is 0. The van der Waals surface area contributed by atoms with Crippen molar-refractivity contribution in [2.75, 3.05) is 33.4 Å². The van der Waals surface area contributed by atoms with Crippen LogP contribution in [0.1, 0.15) is 26.3 Å². The summed E-state index contributed by atoms with van der Waals surface area (Å²) in [6, 6.07) is 6.14. The Labute approximate surface area is 111 Å². The zero-order valence-corrected chi connectivity index (χ0v) is 12.0. The Kier molecular flexibility index (Phi) is 6.58. The molecule has 0 aliphatic heterocycles. The Morgan fingerprint density at radius 3 is 2.33 bits per heavy atom. The van der Waals surface area contributed by atoms with E-state index >= 15 is 0 Å². The summed E-state index contributed by atoms with van der Waals surface area (Å²) < 4.78 is 11.2. The normalized spacial score (nSPS) is 10.7. The van der Waals surface area contributed by atoms with E-state index in [0.717, 1.165) is 37.6 Å². The van der Waals surface area contributed by atoms with Crippen molar-refractivity contribution < 1.29 is 9.47 Å². The Morgan fingerprint density at radius 1 is 1.06 bits per heavy atom.